The van der Waals surface area contributed by atoms with E-state index in [1.165, 1.54) is 0 Å². The van der Waals surface area contributed by atoms with E-state index in [9.17, 15) is 9.59 Å². The minimum absolute atomic E-state index is 0.148. The number of halogens is 3. The third-order valence-corrected chi connectivity index (χ3v) is 0.858. The van der Waals surface area contributed by atoms with Crippen LogP contribution in [0.2, 0.25) is 0 Å². The van der Waals surface area contributed by atoms with Gasteiger partial charge in [0.05, 0.1) is 0 Å². The summed E-state index contributed by atoms with van der Waals surface area (Å²) in [5, 5.41) is 2.14. The normalized spacial score (nSPS) is 16.0. The second-order valence-electron chi connectivity index (χ2n) is 1.66. The van der Waals surface area contributed by atoms with Crippen LogP contribution in [0.5, 0.6) is 0 Å². The molecule has 2 amide bonds. The fraction of sp³-hybridized carbons (Fsp3) is 0.500. The Morgan fingerprint density at radius 3 is 1.45 bits per heavy atom. The van der Waals surface area contributed by atoms with Gasteiger partial charge in [0.15, 0.2) is 0 Å². The third-order valence-electron chi connectivity index (χ3n) is 0.858. The number of hydrogen-bond acceptors (Lipinski definition) is 2. The Morgan fingerprint density at radius 1 is 1.09 bits per heavy atom. The fourth-order valence-corrected chi connectivity index (χ4v) is 0.508. The van der Waals surface area contributed by atoms with Crippen LogP contribution in [0.4, 0.5) is 0 Å². The van der Waals surface area contributed by atoms with Crippen molar-refractivity contribution in [2.45, 2.75) is 12.8 Å². The molecule has 0 aromatic rings. The zero-order valence-electron chi connectivity index (χ0n) is 5.31. The van der Waals surface area contributed by atoms with Gasteiger partial charge < -0.3 is 0 Å². The van der Waals surface area contributed by atoms with E-state index in [-0.39, 0.29) is 11.8 Å². The molecule has 3 nitrogen and oxygen atoms in total. The number of carbonyl (C=O) groups excluding carboxylic acids is 2. The van der Waals surface area contributed by atoms with E-state index in [1.807, 2.05) is 0 Å². The summed E-state index contributed by atoms with van der Waals surface area (Å²) in [6.45, 7) is 0. The summed E-state index contributed by atoms with van der Waals surface area (Å²) < 4.78 is 0. The molecule has 7 heteroatoms. The van der Waals surface area contributed by atoms with Crippen molar-refractivity contribution in [2.24, 2.45) is 0 Å². The molecule has 0 radical (unpaired) electrons. The first-order valence-electron chi connectivity index (χ1n) is 2.62. The van der Waals surface area contributed by atoms with Crippen molar-refractivity contribution in [3.63, 3.8) is 0 Å². The van der Waals surface area contributed by atoms with Crippen LogP contribution in [-0.2, 0) is 9.59 Å². The Morgan fingerprint density at radius 2 is 1.36 bits per heavy atom. The number of rotatable bonds is 0. The summed E-state index contributed by atoms with van der Waals surface area (Å²) >= 11 is 8.77. The zero-order valence-corrected chi connectivity index (χ0v) is 13.5. The first kappa shape index (κ1) is 12.5. The molecule has 1 N–H and O–H groups in total. The number of hydrogen-bond donors (Lipinski definition) is 1. The molecular weight excluding hydrogens is 543 g/mol. The van der Waals surface area contributed by atoms with Crippen LogP contribution in [0, 0.1) is 0 Å². The quantitative estimate of drug-likeness (QED) is 0.370. The molecule has 0 aromatic heterocycles. The summed E-state index contributed by atoms with van der Waals surface area (Å²) in [4.78, 5) is 20.2. The molecule has 0 saturated carbocycles. The van der Waals surface area contributed by atoms with Crippen LogP contribution >= 0.6 is 36.7 Å². The first-order valence-corrected chi connectivity index (χ1v) is 25.2. The van der Waals surface area contributed by atoms with Crippen molar-refractivity contribution < 1.29 is 9.59 Å². The van der Waals surface area contributed by atoms with E-state index in [1.54, 1.807) is 0 Å². The van der Waals surface area contributed by atoms with Crippen molar-refractivity contribution >= 4 is 63.2 Å². The van der Waals surface area contributed by atoms with E-state index in [0.717, 1.165) is 0 Å². The SMILES string of the molecule is O=C1CCC(=O)N1.[Br][Bi]([Br])[Br]. The Bertz CT molecular complexity index is 147. The molecule has 0 atom stereocenters. The predicted molar refractivity (Wildman–Crippen MR) is 54.9 cm³/mol. The van der Waals surface area contributed by atoms with Crippen molar-refractivity contribution in [3.8, 4) is 0 Å². The molecular formula is C4H5BiBr3NO2. The number of imide groups is 1. The van der Waals surface area contributed by atoms with E-state index in [4.69, 9.17) is 0 Å². The van der Waals surface area contributed by atoms with Crippen LogP contribution < -0.4 is 5.32 Å². The van der Waals surface area contributed by atoms with Gasteiger partial charge in [0.25, 0.3) is 0 Å². The number of nitrogens with one attached hydrogen (secondary N) is 1. The molecule has 1 heterocycles. The van der Waals surface area contributed by atoms with Crippen LogP contribution in [0.25, 0.3) is 0 Å². The average Bonchev–Trinajstić information content (AvgIpc) is 2.13. The Kier molecular flexibility index (Phi) is 7.84. The average molecular weight is 548 g/mol. The van der Waals surface area contributed by atoms with E-state index in [0.29, 0.717) is 12.8 Å². The molecule has 64 valence electrons. The van der Waals surface area contributed by atoms with Gasteiger partial charge in [-0.2, -0.15) is 0 Å². The Hall–Kier alpha value is 1.46. The van der Waals surface area contributed by atoms with Gasteiger partial charge in [-0.25, -0.2) is 0 Å². The Labute approximate surface area is 89.7 Å². The second-order valence-corrected chi connectivity index (χ2v) is 46.9. The van der Waals surface area contributed by atoms with Gasteiger partial charge in [-0.3, -0.25) is 14.9 Å². The van der Waals surface area contributed by atoms with Gasteiger partial charge in [-0.05, 0) is 0 Å². The molecule has 1 fully saturated rings. The molecule has 11 heavy (non-hydrogen) atoms. The van der Waals surface area contributed by atoms with Crippen molar-refractivity contribution in [2.75, 3.05) is 0 Å². The van der Waals surface area contributed by atoms with Gasteiger partial charge in [-0.1, -0.05) is 0 Å². The van der Waals surface area contributed by atoms with Crippen LogP contribution in [0.15, 0.2) is 0 Å². The maximum atomic E-state index is 10.1. The molecule has 0 unspecified atom stereocenters. The molecule has 0 aromatic carbocycles. The topological polar surface area (TPSA) is 46.2 Å². The van der Waals surface area contributed by atoms with Crippen LogP contribution in [-0.4, -0.2) is 26.5 Å². The summed E-state index contributed by atoms with van der Waals surface area (Å²) in [6, 6.07) is 0. The van der Waals surface area contributed by atoms with Gasteiger partial charge >= 0.3 is 51.4 Å². The molecule has 0 aliphatic carbocycles. The molecule has 0 spiro atoms. The van der Waals surface area contributed by atoms with Gasteiger partial charge in [-0.15, -0.1) is 0 Å². The van der Waals surface area contributed by atoms with Crippen molar-refractivity contribution in [3.05, 3.63) is 0 Å². The number of amides is 2. The predicted octanol–water partition coefficient (Wildman–Crippen LogP) is 1.58. The summed E-state index contributed by atoms with van der Waals surface area (Å²) in [6.07, 6.45) is 0.748. The monoisotopic (exact) mass is 545 g/mol. The molecule has 1 saturated heterocycles. The van der Waals surface area contributed by atoms with Gasteiger partial charge in [0, 0.05) is 12.8 Å². The molecule has 1 aliphatic rings. The van der Waals surface area contributed by atoms with E-state index in [2.05, 4.69) is 42.0 Å². The van der Waals surface area contributed by atoms with Crippen LogP contribution in [0.3, 0.4) is 0 Å². The minimum atomic E-state index is -1.16. The molecule has 0 bridgehead atoms. The third kappa shape index (κ3) is 9.38. The van der Waals surface area contributed by atoms with E-state index >= 15 is 0 Å². The Balaban J connectivity index is 0.000000218. The number of carbonyl (C=O) groups is 2. The van der Waals surface area contributed by atoms with Crippen molar-refractivity contribution in [1.82, 2.24) is 5.32 Å². The van der Waals surface area contributed by atoms with Crippen LogP contribution in [0.1, 0.15) is 12.8 Å². The van der Waals surface area contributed by atoms with Gasteiger partial charge in [0.1, 0.15) is 0 Å². The second kappa shape index (κ2) is 6.92. The zero-order chi connectivity index (χ0) is 8.85. The van der Waals surface area contributed by atoms with Crippen molar-refractivity contribution in [1.29, 1.82) is 0 Å². The summed E-state index contributed by atoms with van der Waals surface area (Å²) in [7, 11) is 0. The standard InChI is InChI=1S/C4H5NO2.Bi.3BrH/c6-3-1-2-4(7)5-3;;;;/h1-2H2,(H,5,6,7);;3*1H/q;+3;;;/p-3. The first-order chi connectivity index (χ1) is 5.02. The maximum absolute atomic E-state index is 10.1. The fourth-order valence-electron chi connectivity index (χ4n) is 0.508. The molecule has 1 aliphatic heterocycles. The van der Waals surface area contributed by atoms with E-state index < -0.39 is 14.7 Å². The summed E-state index contributed by atoms with van der Waals surface area (Å²) in [5.41, 5.74) is 0. The molecule has 1 rings (SSSR count). The summed E-state index contributed by atoms with van der Waals surface area (Å²) in [5.74, 6) is -0.296. The van der Waals surface area contributed by atoms with Gasteiger partial charge in [0.2, 0.25) is 11.8 Å².